The topological polar surface area (TPSA) is 17.8 Å². The fourth-order valence-corrected chi connectivity index (χ4v) is 2.46. The van der Waals surface area contributed by atoms with Gasteiger partial charge in [-0.25, -0.2) is 0 Å². The lowest BCUT2D eigenvalue weighted by Gasteiger charge is -2.02. The van der Waals surface area contributed by atoms with Crippen molar-refractivity contribution in [2.75, 3.05) is 0 Å². The zero-order chi connectivity index (χ0) is 11.8. The summed E-state index contributed by atoms with van der Waals surface area (Å²) in [5.74, 6) is 0. The highest BCUT2D eigenvalue weighted by Gasteiger charge is 2.10. The minimum Gasteiger partial charge on any atom is -0.267 e. The van der Waals surface area contributed by atoms with Gasteiger partial charge in [0.15, 0.2) is 0 Å². The number of rotatable bonds is 1. The third-order valence-corrected chi connectivity index (χ3v) is 3.34. The van der Waals surface area contributed by atoms with E-state index in [0.29, 0.717) is 0 Å². The normalized spacial score (nSPS) is 10.9. The molecule has 0 aliphatic carbocycles. The van der Waals surface area contributed by atoms with E-state index in [1.807, 2.05) is 36.0 Å². The summed E-state index contributed by atoms with van der Waals surface area (Å²) in [6, 6.07) is 16.5. The van der Waals surface area contributed by atoms with E-state index in [1.165, 1.54) is 10.9 Å². The summed E-state index contributed by atoms with van der Waals surface area (Å²) in [4.78, 5) is 0. The highest BCUT2D eigenvalue weighted by atomic mass is 79.9. The molecule has 2 aromatic carbocycles. The molecular formula is C14H11BrN2. The van der Waals surface area contributed by atoms with Crippen molar-refractivity contribution < 1.29 is 0 Å². The van der Waals surface area contributed by atoms with Crippen LogP contribution in [0.4, 0.5) is 0 Å². The van der Waals surface area contributed by atoms with Crippen molar-refractivity contribution in [3.05, 3.63) is 53.0 Å². The van der Waals surface area contributed by atoms with Gasteiger partial charge < -0.3 is 0 Å². The Morgan fingerprint density at radius 3 is 2.59 bits per heavy atom. The van der Waals surface area contributed by atoms with Crippen LogP contribution in [0.25, 0.3) is 22.2 Å². The highest BCUT2D eigenvalue weighted by Crippen LogP contribution is 2.29. The molecule has 0 amide bonds. The van der Waals surface area contributed by atoms with Crippen molar-refractivity contribution >= 4 is 26.8 Å². The van der Waals surface area contributed by atoms with Gasteiger partial charge in [0.1, 0.15) is 0 Å². The summed E-state index contributed by atoms with van der Waals surface area (Å²) in [7, 11) is 1.98. The largest absolute Gasteiger partial charge is 0.267 e. The van der Waals surface area contributed by atoms with Crippen LogP contribution in [-0.4, -0.2) is 9.78 Å². The molecule has 0 saturated heterocycles. The van der Waals surface area contributed by atoms with Crippen molar-refractivity contribution in [1.29, 1.82) is 0 Å². The Kier molecular flexibility index (Phi) is 2.48. The van der Waals surface area contributed by atoms with E-state index in [-0.39, 0.29) is 0 Å². The Morgan fingerprint density at radius 1 is 1.06 bits per heavy atom. The molecule has 0 atom stereocenters. The molecule has 0 N–H and O–H groups in total. The number of nitrogens with zero attached hydrogens (tertiary/aromatic N) is 2. The van der Waals surface area contributed by atoms with Gasteiger partial charge in [0.2, 0.25) is 0 Å². The predicted molar refractivity (Wildman–Crippen MR) is 73.9 cm³/mol. The first kappa shape index (κ1) is 10.5. The molecule has 0 aliphatic rings. The minimum atomic E-state index is 1.01. The first-order chi connectivity index (χ1) is 8.25. The van der Waals surface area contributed by atoms with Gasteiger partial charge in [-0.3, -0.25) is 4.68 Å². The first-order valence-electron chi connectivity index (χ1n) is 5.43. The molecule has 0 fully saturated rings. The molecule has 0 aliphatic heterocycles. The monoisotopic (exact) mass is 286 g/mol. The van der Waals surface area contributed by atoms with Gasteiger partial charge in [0.05, 0.1) is 11.2 Å². The zero-order valence-corrected chi connectivity index (χ0v) is 11.0. The summed E-state index contributed by atoms with van der Waals surface area (Å²) in [6.07, 6.45) is 0. The number of aromatic nitrogens is 2. The molecule has 3 rings (SSSR count). The molecule has 0 unspecified atom stereocenters. The fraction of sp³-hybridized carbons (Fsp3) is 0.0714. The fourth-order valence-electron chi connectivity index (χ4n) is 2.11. The maximum absolute atomic E-state index is 4.54. The molecule has 0 bridgehead atoms. The summed E-state index contributed by atoms with van der Waals surface area (Å²) in [5, 5.41) is 5.72. The van der Waals surface area contributed by atoms with Crippen LogP contribution in [0.1, 0.15) is 0 Å². The lowest BCUT2D eigenvalue weighted by molar-refractivity contribution is 0.788. The number of benzene rings is 2. The van der Waals surface area contributed by atoms with E-state index < -0.39 is 0 Å². The average Bonchev–Trinajstić information content (AvgIpc) is 2.65. The smallest absolute Gasteiger partial charge is 0.0941 e. The van der Waals surface area contributed by atoms with Crippen LogP contribution in [0.3, 0.4) is 0 Å². The number of aryl methyl sites for hydroxylation is 1. The van der Waals surface area contributed by atoms with Gasteiger partial charge in [-0.15, -0.1) is 0 Å². The molecule has 2 nitrogen and oxygen atoms in total. The number of hydrogen-bond acceptors (Lipinski definition) is 1. The van der Waals surface area contributed by atoms with Crippen LogP contribution in [0.5, 0.6) is 0 Å². The van der Waals surface area contributed by atoms with Gasteiger partial charge in [0.25, 0.3) is 0 Å². The van der Waals surface area contributed by atoms with Crippen LogP contribution in [0, 0.1) is 0 Å². The van der Waals surface area contributed by atoms with Crippen LogP contribution in [0.2, 0.25) is 0 Å². The Balaban J connectivity index is 2.33. The molecule has 1 aromatic heterocycles. The summed E-state index contributed by atoms with van der Waals surface area (Å²) >= 11 is 3.47. The van der Waals surface area contributed by atoms with Gasteiger partial charge in [-0.2, -0.15) is 5.10 Å². The van der Waals surface area contributed by atoms with Crippen molar-refractivity contribution in [2.24, 2.45) is 7.05 Å². The van der Waals surface area contributed by atoms with Crippen molar-refractivity contribution in [3.63, 3.8) is 0 Å². The van der Waals surface area contributed by atoms with Gasteiger partial charge >= 0.3 is 0 Å². The second-order valence-electron chi connectivity index (χ2n) is 4.00. The maximum atomic E-state index is 4.54. The second-order valence-corrected chi connectivity index (χ2v) is 4.92. The minimum absolute atomic E-state index is 1.01. The lowest BCUT2D eigenvalue weighted by atomic mass is 10.1. The standard InChI is InChI=1S/C14H11BrN2/c1-17-14(10-5-3-2-4-6-10)12-8-7-11(15)9-13(12)16-17/h2-9H,1H3. The van der Waals surface area contributed by atoms with E-state index in [0.717, 1.165) is 15.7 Å². The zero-order valence-electron chi connectivity index (χ0n) is 9.39. The van der Waals surface area contributed by atoms with Crippen LogP contribution in [-0.2, 0) is 7.05 Å². The van der Waals surface area contributed by atoms with Gasteiger partial charge in [-0.1, -0.05) is 46.3 Å². The quantitative estimate of drug-likeness (QED) is 0.661. The predicted octanol–water partition coefficient (Wildman–Crippen LogP) is 4.00. The molecular weight excluding hydrogens is 276 g/mol. The SMILES string of the molecule is Cn1nc2cc(Br)ccc2c1-c1ccccc1. The maximum Gasteiger partial charge on any atom is 0.0941 e. The van der Waals surface area contributed by atoms with Gasteiger partial charge in [-0.05, 0) is 18.2 Å². The Morgan fingerprint density at radius 2 is 1.82 bits per heavy atom. The van der Waals surface area contributed by atoms with E-state index in [9.17, 15) is 0 Å². The lowest BCUT2D eigenvalue weighted by Crippen LogP contribution is -1.92. The molecule has 1 heterocycles. The summed E-state index contributed by atoms with van der Waals surface area (Å²) in [5.41, 5.74) is 3.37. The number of hydrogen-bond donors (Lipinski definition) is 0. The van der Waals surface area contributed by atoms with E-state index in [2.05, 4.69) is 45.3 Å². The van der Waals surface area contributed by atoms with E-state index >= 15 is 0 Å². The molecule has 0 spiro atoms. The van der Waals surface area contributed by atoms with Crippen LogP contribution >= 0.6 is 15.9 Å². The molecule has 3 aromatic rings. The molecule has 84 valence electrons. The highest BCUT2D eigenvalue weighted by molar-refractivity contribution is 9.10. The Labute approximate surface area is 108 Å². The van der Waals surface area contributed by atoms with Crippen molar-refractivity contribution in [3.8, 4) is 11.3 Å². The van der Waals surface area contributed by atoms with Crippen LogP contribution in [0.15, 0.2) is 53.0 Å². The van der Waals surface area contributed by atoms with Crippen LogP contribution < -0.4 is 0 Å². The Bertz CT molecular complexity index is 671. The molecule has 0 radical (unpaired) electrons. The number of fused-ring (bicyclic) bond motifs is 1. The summed E-state index contributed by atoms with van der Waals surface area (Å²) < 4.78 is 3.00. The molecule has 0 saturated carbocycles. The first-order valence-corrected chi connectivity index (χ1v) is 6.23. The second kappa shape index (κ2) is 4.00. The van der Waals surface area contributed by atoms with Crippen molar-refractivity contribution in [2.45, 2.75) is 0 Å². The third kappa shape index (κ3) is 1.76. The number of halogens is 1. The third-order valence-electron chi connectivity index (χ3n) is 2.84. The summed E-state index contributed by atoms with van der Waals surface area (Å²) in [6.45, 7) is 0. The van der Waals surface area contributed by atoms with E-state index in [1.54, 1.807) is 0 Å². The van der Waals surface area contributed by atoms with Crippen molar-refractivity contribution in [1.82, 2.24) is 9.78 Å². The molecule has 17 heavy (non-hydrogen) atoms. The molecule has 3 heteroatoms. The average molecular weight is 287 g/mol. The van der Waals surface area contributed by atoms with E-state index in [4.69, 9.17) is 0 Å². The van der Waals surface area contributed by atoms with Gasteiger partial charge in [0, 0.05) is 22.5 Å². The Hall–Kier alpha value is -1.61.